The number of nitrogens with one attached hydrogen (secondary N) is 2. The SMILES string of the molecule is Bc1ccc2c(c1)c1ccccc1c1[nH]c(-c3c(C)[nH]c4ccccc34)nc21. The molecular weight excluding hydrogens is 341 g/mol. The molecule has 2 heterocycles. The molecule has 0 aliphatic rings. The van der Waals surface area contributed by atoms with E-state index >= 15 is 0 Å². The van der Waals surface area contributed by atoms with Crippen LogP contribution in [-0.2, 0) is 0 Å². The Kier molecular flexibility index (Phi) is 3.04. The zero-order chi connectivity index (χ0) is 18.8. The summed E-state index contributed by atoms with van der Waals surface area (Å²) in [5, 5.41) is 6.13. The predicted octanol–water partition coefficient (Wildman–Crippen LogP) is 4.58. The van der Waals surface area contributed by atoms with Gasteiger partial charge in [-0.15, -0.1) is 0 Å². The number of imidazole rings is 1. The Morgan fingerprint density at radius 2 is 1.50 bits per heavy atom. The van der Waals surface area contributed by atoms with Crippen molar-refractivity contribution in [2.75, 3.05) is 0 Å². The summed E-state index contributed by atoms with van der Waals surface area (Å²) in [7, 11) is 2.14. The van der Waals surface area contributed by atoms with E-state index in [4.69, 9.17) is 4.98 Å². The van der Waals surface area contributed by atoms with Gasteiger partial charge in [0.2, 0.25) is 0 Å². The molecule has 4 heteroatoms. The van der Waals surface area contributed by atoms with E-state index in [1.807, 2.05) is 0 Å². The summed E-state index contributed by atoms with van der Waals surface area (Å²) < 4.78 is 0. The topological polar surface area (TPSA) is 44.5 Å². The number of rotatable bonds is 1. The van der Waals surface area contributed by atoms with Gasteiger partial charge in [-0.3, -0.25) is 0 Å². The van der Waals surface area contributed by atoms with Crippen LogP contribution in [0.2, 0.25) is 0 Å². The molecule has 0 spiro atoms. The van der Waals surface area contributed by atoms with Crippen LogP contribution in [0.4, 0.5) is 0 Å². The van der Waals surface area contributed by atoms with E-state index in [-0.39, 0.29) is 0 Å². The smallest absolute Gasteiger partial charge is 0.140 e. The Bertz CT molecular complexity index is 1540. The third-order valence-corrected chi connectivity index (χ3v) is 5.75. The van der Waals surface area contributed by atoms with Crippen molar-refractivity contribution < 1.29 is 0 Å². The molecule has 0 saturated carbocycles. The van der Waals surface area contributed by atoms with Gasteiger partial charge >= 0.3 is 0 Å². The molecule has 0 radical (unpaired) electrons. The molecule has 28 heavy (non-hydrogen) atoms. The Hall–Kier alpha value is -3.53. The van der Waals surface area contributed by atoms with Crippen LogP contribution in [0.15, 0.2) is 66.7 Å². The molecule has 0 aliphatic heterocycles. The predicted molar refractivity (Wildman–Crippen MR) is 121 cm³/mol. The number of hydrogen-bond donors (Lipinski definition) is 2. The van der Waals surface area contributed by atoms with E-state index in [0.29, 0.717) is 0 Å². The minimum absolute atomic E-state index is 0.920. The average molecular weight is 359 g/mol. The summed E-state index contributed by atoms with van der Waals surface area (Å²) in [5.74, 6) is 0.920. The first kappa shape index (κ1) is 15.5. The standard InChI is InChI=1S/C24H18BN3/c1-13-21(18-8-4-5-9-20(18)26-13)24-27-22-16-7-3-2-6-15(16)19-12-14(25)10-11-17(19)23(22)28-24/h2-12,26H,25H2,1H3,(H,27,28). The number of aromatic amines is 2. The van der Waals surface area contributed by atoms with Gasteiger partial charge in [-0.1, -0.05) is 66.1 Å². The molecule has 0 amide bonds. The van der Waals surface area contributed by atoms with Gasteiger partial charge in [0, 0.05) is 32.9 Å². The lowest BCUT2D eigenvalue weighted by molar-refractivity contribution is 1.26. The largest absolute Gasteiger partial charge is 0.358 e. The third-order valence-electron chi connectivity index (χ3n) is 5.75. The van der Waals surface area contributed by atoms with Crippen molar-refractivity contribution in [2.45, 2.75) is 6.92 Å². The van der Waals surface area contributed by atoms with Crippen molar-refractivity contribution in [1.29, 1.82) is 0 Å². The van der Waals surface area contributed by atoms with E-state index in [2.05, 4.69) is 91.5 Å². The highest BCUT2D eigenvalue weighted by molar-refractivity contribution is 6.35. The number of benzene rings is 4. The third kappa shape index (κ3) is 2.03. The molecule has 0 fully saturated rings. The molecule has 0 bridgehead atoms. The Balaban J connectivity index is 1.79. The Morgan fingerprint density at radius 3 is 2.36 bits per heavy atom. The second-order valence-electron chi connectivity index (χ2n) is 7.57. The zero-order valence-electron chi connectivity index (χ0n) is 15.8. The summed E-state index contributed by atoms with van der Waals surface area (Å²) in [6, 6.07) is 23.6. The second-order valence-corrected chi connectivity index (χ2v) is 7.57. The summed E-state index contributed by atoms with van der Waals surface area (Å²) >= 11 is 0. The maximum Gasteiger partial charge on any atom is 0.140 e. The fraction of sp³-hybridized carbons (Fsp3) is 0.0417. The van der Waals surface area contributed by atoms with Crippen LogP contribution in [0.3, 0.4) is 0 Å². The molecule has 4 aromatic carbocycles. The van der Waals surface area contributed by atoms with Gasteiger partial charge in [0.25, 0.3) is 0 Å². The van der Waals surface area contributed by atoms with Crippen LogP contribution in [-0.4, -0.2) is 22.8 Å². The molecule has 2 N–H and O–H groups in total. The summed E-state index contributed by atoms with van der Waals surface area (Å²) in [6.45, 7) is 2.11. The Labute approximate surface area is 162 Å². The number of fused-ring (bicyclic) bond motifs is 7. The molecule has 0 unspecified atom stereocenters. The van der Waals surface area contributed by atoms with E-state index in [9.17, 15) is 0 Å². The summed E-state index contributed by atoms with van der Waals surface area (Å²) in [5.41, 5.74) is 6.82. The minimum Gasteiger partial charge on any atom is -0.358 e. The lowest BCUT2D eigenvalue weighted by atomic mass is 9.91. The first-order chi connectivity index (χ1) is 13.7. The number of aromatic nitrogens is 3. The summed E-state index contributed by atoms with van der Waals surface area (Å²) in [4.78, 5) is 12.2. The van der Waals surface area contributed by atoms with Crippen LogP contribution in [0.5, 0.6) is 0 Å². The first-order valence-corrected chi connectivity index (χ1v) is 9.59. The van der Waals surface area contributed by atoms with Crippen molar-refractivity contribution in [3.05, 3.63) is 72.4 Å². The molecule has 0 saturated heterocycles. The van der Waals surface area contributed by atoms with Crippen molar-refractivity contribution in [3.63, 3.8) is 0 Å². The van der Waals surface area contributed by atoms with E-state index in [1.54, 1.807) is 0 Å². The van der Waals surface area contributed by atoms with Crippen LogP contribution >= 0.6 is 0 Å². The van der Waals surface area contributed by atoms with E-state index < -0.39 is 0 Å². The van der Waals surface area contributed by atoms with Crippen molar-refractivity contribution in [3.8, 4) is 11.4 Å². The quantitative estimate of drug-likeness (QED) is 0.327. The van der Waals surface area contributed by atoms with Crippen LogP contribution < -0.4 is 5.46 Å². The van der Waals surface area contributed by atoms with Crippen molar-refractivity contribution >= 4 is 56.8 Å². The molecule has 0 aliphatic carbocycles. The van der Waals surface area contributed by atoms with Gasteiger partial charge in [-0.05, 0) is 23.8 Å². The lowest BCUT2D eigenvalue weighted by Gasteiger charge is -2.06. The maximum atomic E-state index is 5.10. The molecule has 132 valence electrons. The highest BCUT2D eigenvalue weighted by atomic mass is 14.9. The first-order valence-electron chi connectivity index (χ1n) is 9.59. The van der Waals surface area contributed by atoms with Gasteiger partial charge in [0.15, 0.2) is 0 Å². The number of para-hydroxylation sites is 1. The fourth-order valence-electron chi connectivity index (χ4n) is 4.49. The van der Waals surface area contributed by atoms with Gasteiger partial charge in [0.05, 0.1) is 11.0 Å². The minimum atomic E-state index is 0.920. The monoisotopic (exact) mass is 359 g/mol. The van der Waals surface area contributed by atoms with E-state index in [1.165, 1.54) is 32.4 Å². The number of hydrogen-bond acceptors (Lipinski definition) is 1. The molecule has 3 nitrogen and oxygen atoms in total. The van der Waals surface area contributed by atoms with Gasteiger partial charge in [0.1, 0.15) is 13.7 Å². The molecule has 6 aromatic rings. The normalized spacial score (nSPS) is 11.9. The Morgan fingerprint density at radius 1 is 0.750 bits per heavy atom. The number of H-pyrrole nitrogens is 2. The van der Waals surface area contributed by atoms with Gasteiger partial charge in [-0.2, -0.15) is 0 Å². The maximum absolute atomic E-state index is 5.10. The number of nitrogens with zero attached hydrogens (tertiary/aromatic N) is 1. The molecule has 0 atom stereocenters. The van der Waals surface area contributed by atoms with Gasteiger partial charge < -0.3 is 9.97 Å². The molecule has 2 aromatic heterocycles. The van der Waals surface area contributed by atoms with Crippen molar-refractivity contribution in [2.24, 2.45) is 0 Å². The second kappa shape index (κ2) is 5.49. The molecule has 6 rings (SSSR count). The summed E-state index contributed by atoms with van der Waals surface area (Å²) in [6.07, 6.45) is 0. The highest BCUT2D eigenvalue weighted by Gasteiger charge is 2.17. The van der Waals surface area contributed by atoms with E-state index in [0.717, 1.165) is 33.6 Å². The van der Waals surface area contributed by atoms with Crippen molar-refractivity contribution in [1.82, 2.24) is 15.0 Å². The number of aryl methyl sites for hydroxylation is 1. The van der Waals surface area contributed by atoms with Crippen LogP contribution in [0, 0.1) is 6.92 Å². The highest BCUT2D eigenvalue weighted by Crippen LogP contribution is 2.37. The van der Waals surface area contributed by atoms with Crippen LogP contribution in [0.25, 0.3) is 54.9 Å². The zero-order valence-corrected chi connectivity index (χ0v) is 15.8. The fourth-order valence-corrected chi connectivity index (χ4v) is 4.49. The average Bonchev–Trinajstić information content (AvgIpc) is 3.28. The lowest BCUT2D eigenvalue weighted by Crippen LogP contribution is -2.00. The van der Waals surface area contributed by atoms with Gasteiger partial charge in [-0.25, -0.2) is 4.98 Å². The van der Waals surface area contributed by atoms with Crippen LogP contribution in [0.1, 0.15) is 5.69 Å². The molecular formula is C24H18BN3.